The number of nitrogens with one attached hydrogen (secondary N) is 2. The van der Waals surface area contributed by atoms with Crippen molar-refractivity contribution in [3.05, 3.63) is 53.1 Å². The van der Waals surface area contributed by atoms with Crippen LogP contribution in [0.1, 0.15) is 17.3 Å². The molecule has 2 rings (SSSR count). The van der Waals surface area contributed by atoms with Crippen molar-refractivity contribution in [3.8, 4) is 0 Å². The molecule has 0 aliphatic rings. The van der Waals surface area contributed by atoms with Crippen LogP contribution in [0, 0.1) is 0 Å². The average Bonchev–Trinajstić information content (AvgIpc) is 2.43. The van der Waals surface area contributed by atoms with Crippen molar-refractivity contribution in [1.82, 2.24) is 0 Å². The van der Waals surface area contributed by atoms with Gasteiger partial charge >= 0.3 is 0 Å². The van der Waals surface area contributed by atoms with Gasteiger partial charge in [0.2, 0.25) is 5.91 Å². The summed E-state index contributed by atoms with van der Waals surface area (Å²) in [6, 6.07) is 11.5. The maximum absolute atomic E-state index is 12.1. The largest absolute Gasteiger partial charge is 0.398 e. The van der Waals surface area contributed by atoms with Crippen molar-refractivity contribution < 1.29 is 9.59 Å². The first-order chi connectivity index (χ1) is 9.95. The number of nitrogen functional groups attached to an aromatic ring is 1. The van der Waals surface area contributed by atoms with E-state index < -0.39 is 0 Å². The Morgan fingerprint density at radius 3 is 2.14 bits per heavy atom. The van der Waals surface area contributed by atoms with Crippen LogP contribution in [0.15, 0.2) is 42.5 Å². The van der Waals surface area contributed by atoms with Gasteiger partial charge in [0, 0.05) is 29.0 Å². The third kappa shape index (κ3) is 3.97. The van der Waals surface area contributed by atoms with Crippen LogP contribution in [0.4, 0.5) is 17.1 Å². The Kier molecular flexibility index (Phi) is 4.45. The number of rotatable bonds is 3. The van der Waals surface area contributed by atoms with Gasteiger partial charge in [0.05, 0.1) is 5.56 Å². The van der Waals surface area contributed by atoms with Crippen molar-refractivity contribution in [2.45, 2.75) is 6.92 Å². The lowest BCUT2D eigenvalue weighted by Gasteiger charge is -2.09. The maximum atomic E-state index is 12.1. The van der Waals surface area contributed by atoms with E-state index in [9.17, 15) is 9.59 Å². The molecule has 0 aliphatic heterocycles. The molecule has 2 amide bonds. The standard InChI is InChI=1S/C15H14ClN3O2/c1-9(20)18-11-3-5-12(6-4-11)19-15(21)13-8-10(16)2-7-14(13)17/h2-8H,17H2,1H3,(H,18,20)(H,19,21). The summed E-state index contributed by atoms with van der Waals surface area (Å²) in [5, 5.41) is 5.80. The summed E-state index contributed by atoms with van der Waals surface area (Å²) in [6.45, 7) is 1.43. The highest BCUT2D eigenvalue weighted by Crippen LogP contribution is 2.20. The molecule has 0 fully saturated rings. The monoisotopic (exact) mass is 303 g/mol. The second kappa shape index (κ2) is 6.28. The lowest BCUT2D eigenvalue weighted by Crippen LogP contribution is -2.14. The molecule has 108 valence electrons. The maximum Gasteiger partial charge on any atom is 0.257 e. The summed E-state index contributed by atoms with van der Waals surface area (Å²) in [4.78, 5) is 23.1. The van der Waals surface area contributed by atoms with Gasteiger partial charge in [-0.15, -0.1) is 0 Å². The second-order valence-corrected chi connectivity index (χ2v) is 4.88. The normalized spacial score (nSPS) is 10.0. The van der Waals surface area contributed by atoms with Crippen molar-refractivity contribution in [2.75, 3.05) is 16.4 Å². The smallest absolute Gasteiger partial charge is 0.257 e. The van der Waals surface area contributed by atoms with Crippen LogP contribution >= 0.6 is 11.6 Å². The minimum Gasteiger partial charge on any atom is -0.398 e. The highest BCUT2D eigenvalue weighted by Gasteiger charge is 2.10. The average molecular weight is 304 g/mol. The minimum absolute atomic E-state index is 0.154. The molecule has 0 saturated carbocycles. The molecule has 21 heavy (non-hydrogen) atoms. The number of hydrogen-bond acceptors (Lipinski definition) is 3. The molecule has 2 aromatic carbocycles. The van der Waals surface area contributed by atoms with Crippen LogP contribution in [0.25, 0.3) is 0 Å². The number of carbonyl (C=O) groups excluding carboxylic acids is 2. The molecule has 4 N–H and O–H groups in total. The predicted molar refractivity (Wildman–Crippen MR) is 84.6 cm³/mol. The third-order valence-electron chi connectivity index (χ3n) is 2.72. The molecule has 0 aliphatic carbocycles. The summed E-state index contributed by atoms with van der Waals surface area (Å²) in [5.41, 5.74) is 7.67. The Morgan fingerprint density at radius 2 is 1.57 bits per heavy atom. The van der Waals surface area contributed by atoms with Crippen LogP contribution in [0.2, 0.25) is 5.02 Å². The molecule has 0 unspecified atom stereocenters. The van der Waals surface area contributed by atoms with Crippen LogP contribution in [-0.4, -0.2) is 11.8 Å². The van der Waals surface area contributed by atoms with Crippen molar-refractivity contribution >= 4 is 40.5 Å². The first-order valence-electron chi connectivity index (χ1n) is 6.20. The zero-order valence-corrected chi connectivity index (χ0v) is 12.1. The van der Waals surface area contributed by atoms with E-state index in [0.29, 0.717) is 27.6 Å². The molecular weight excluding hydrogens is 290 g/mol. The highest BCUT2D eigenvalue weighted by atomic mass is 35.5. The SMILES string of the molecule is CC(=O)Nc1ccc(NC(=O)c2cc(Cl)ccc2N)cc1. The van der Waals surface area contributed by atoms with Crippen LogP contribution in [0.5, 0.6) is 0 Å². The Balaban J connectivity index is 2.12. The van der Waals surface area contributed by atoms with E-state index in [1.807, 2.05) is 0 Å². The first-order valence-corrected chi connectivity index (χ1v) is 6.57. The van der Waals surface area contributed by atoms with E-state index in [1.165, 1.54) is 13.0 Å². The highest BCUT2D eigenvalue weighted by molar-refractivity contribution is 6.31. The van der Waals surface area contributed by atoms with E-state index in [0.717, 1.165) is 0 Å². The summed E-state index contributed by atoms with van der Waals surface area (Å²) < 4.78 is 0. The lowest BCUT2D eigenvalue weighted by molar-refractivity contribution is -0.114. The quantitative estimate of drug-likeness (QED) is 0.762. The molecule has 0 spiro atoms. The lowest BCUT2D eigenvalue weighted by atomic mass is 10.1. The Bertz CT molecular complexity index is 684. The van der Waals surface area contributed by atoms with Gasteiger partial charge in [-0.3, -0.25) is 9.59 Å². The molecule has 0 heterocycles. The van der Waals surface area contributed by atoms with Gasteiger partial charge in [0.1, 0.15) is 0 Å². The number of anilines is 3. The van der Waals surface area contributed by atoms with Gasteiger partial charge in [-0.05, 0) is 42.5 Å². The van der Waals surface area contributed by atoms with Crippen molar-refractivity contribution in [2.24, 2.45) is 0 Å². The van der Waals surface area contributed by atoms with Gasteiger partial charge < -0.3 is 16.4 Å². The minimum atomic E-state index is -0.345. The fraction of sp³-hybridized carbons (Fsp3) is 0.0667. The molecule has 5 nitrogen and oxygen atoms in total. The number of carbonyl (C=O) groups is 2. The second-order valence-electron chi connectivity index (χ2n) is 4.44. The molecule has 6 heteroatoms. The number of amides is 2. The van der Waals surface area contributed by atoms with Gasteiger partial charge in [-0.2, -0.15) is 0 Å². The van der Waals surface area contributed by atoms with E-state index in [1.54, 1.807) is 36.4 Å². The molecule has 0 bridgehead atoms. The van der Waals surface area contributed by atoms with Gasteiger partial charge in [-0.1, -0.05) is 11.6 Å². The van der Waals surface area contributed by atoms with Gasteiger partial charge in [0.25, 0.3) is 5.91 Å². The summed E-state index contributed by atoms with van der Waals surface area (Å²) in [7, 11) is 0. The first kappa shape index (κ1) is 14.9. The summed E-state index contributed by atoms with van der Waals surface area (Å²) in [5.74, 6) is -0.499. The van der Waals surface area contributed by atoms with Crippen LogP contribution < -0.4 is 16.4 Å². The van der Waals surface area contributed by atoms with Crippen molar-refractivity contribution in [3.63, 3.8) is 0 Å². The zero-order valence-electron chi connectivity index (χ0n) is 11.3. The number of nitrogens with two attached hydrogens (primary N) is 1. The Labute approximate surface area is 127 Å². The third-order valence-corrected chi connectivity index (χ3v) is 2.96. The van der Waals surface area contributed by atoms with Crippen LogP contribution in [-0.2, 0) is 4.79 Å². The van der Waals surface area contributed by atoms with E-state index in [4.69, 9.17) is 17.3 Å². The fourth-order valence-electron chi connectivity index (χ4n) is 1.76. The number of hydrogen-bond donors (Lipinski definition) is 3. The fourth-order valence-corrected chi connectivity index (χ4v) is 1.94. The zero-order chi connectivity index (χ0) is 15.4. The summed E-state index contributed by atoms with van der Waals surface area (Å²) >= 11 is 5.86. The Hall–Kier alpha value is -2.53. The molecular formula is C15H14ClN3O2. The molecule has 0 saturated heterocycles. The predicted octanol–water partition coefficient (Wildman–Crippen LogP) is 3.13. The van der Waals surface area contributed by atoms with Gasteiger partial charge in [-0.25, -0.2) is 0 Å². The van der Waals surface area contributed by atoms with Crippen molar-refractivity contribution in [1.29, 1.82) is 0 Å². The molecule has 0 aromatic heterocycles. The topological polar surface area (TPSA) is 84.2 Å². The van der Waals surface area contributed by atoms with E-state index in [2.05, 4.69) is 10.6 Å². The van der Waals surface area contributed by atoms with E-state index in [-0.39, 0.29) is 11.8 Å². The summed E-state index contributed by atoms with van der Waals surface area (Å²) in [6.07, 6.45) is 0. The van der Waals surface area contributed by atoms with Gasteiger partial charge in [0.15, 0.2) is 0 Å². The van der Waals surface area contributed by atoms with Crippen LogP contribution in [0.3, 0.4) is 0 Å². The molecule has 0 atom stereocenters. The van der Waals surface area contributed by atoms with E-state index >= 15 is 0 Å². The molecule has 0 radical (unpaired) electrons. The number of halogens is 1. The molecule has 2 aromatic rings. The number of benzene rings is 2. The Morgan fingerprint density at radius 1 is 1.00 bits per heavy atom.